The molecule has 0 bridgehead atoms. The fourth-order valence-electron chi connectivity index (χ4n) is 1.83. The van der Waals surface area contributed by atoms with Crippen molar-refractivity contribution in [3.63, 3.8) is 0 Å². The van der Waals surface area contributed by atoms with Crippen LogP contribution in [-0.4, -0.2) is 15.5 Å². The largest absolute Gasteiger partial charge is 0.325 e. The molecule has 1 amide bonds. The molecule has 0 unspecified atom stereocenters. The Labute approximate surface area is 107 Å². The van der Waals surface area contributed by atoms with E-state index < -0.39 is 0 Å². The molecular formula is C14H17N3O. The van der Waals surface area contributed by atoms with Crippen LogP contribution < -0.4 is 5.32 Å². The highest BCUT2D eigenvalue weighted by Gasteiger charge is 2.10. The molecule has 0 radical (unpaired) electrons. The van der Waals surface area contributed by atoms with Crippen LogP contribution in [-0.2, 0) is 11.3 Å². The lowest BCUT2D eigenvalue weighted by Gasteiger charge is -2.10. The van der Waals surface area contributed by atoms with Gasteiger partial charge in [-0.15, -0.1) is 0 Å². The molecule has 2 aromatic rings. The van der Waals surface area contributed by atoms with Gasteiger partial charge in [-0.3, -0.25) is 4.79 Å². The minimum absolute atomic E-state index is 0.0406. The Bertz CT molecular complexity index is 517. The van der Waals surface area contributed by atoms with Crippen molar-refractivity contribution in [2.45, 2.75) is 26.3 Å². The summed E-state index contributed by atoms with van der Waals surface area (Å²) in [6, 6.07) is 9.45. The van der Waals surface area contributed by atoms with Crippen LogP contribution in [0.5, 0.6) is 0 Å². The van der Waals surface area contributed by atoms with E-state index in [-0.39, 0.29) is 5.91 Å². The van der Waals surface area contributed by atoms with E-state index >= 15 is 0 Å². The molecule has 0 fully saturated rings. The molecule has 18 heavy (non-hydrogen) atoms. The quantitative estimate of drug-likeness (QED) is 0.897. The molecule has 0 saturated carbocycles. The molecule has 0 aliphatic heterocycles. The average Bonchev–Trinajstić information content (AvgIpc) is 2.78. The van der Waals surface area contributed by atoms with Gasteiger partial charge in [0.1, 0.15) is 12.4 Å². The van der Waals surface area contributed by atoms with Crippen molar-refractivity contribution in [2.24, 2.45) is 0 Å². The van der Waals surface area contributed by atoms with E-state index in [4.69, 9.17) is 0 Å². The fraction of sp³-hybridized carbons (Fsp3) is 0.286. The van der Waals surface area contributed by atoms with Crippen LogP contribution in [0.1, 0.15) is 25.6 Å². The van der Waals surface area contributed by atoms with Gasteiger partial charge in [0.05, 0.1) is 0 Å². The number of rotatable bonds is 4. The maximum absolute atomic E-state index is 11.9. The van der Waals surface area contributed by atoms with E-state index in [9.17, 15) is 4.79 Å². The van der Waals surface area contributed by atoms with Gasteiger partial charge in [0.25, 0.3) is 0 Å². The number of nitrogens with zero attached hydrogens (tertiary/aromatic N) is 2. The first kappa shape index (κ1) is 12.4. The summed E-state index contributed by atoms with van der Waals surface area (Å²) in [5, 5.41) is 2.86. The summed E-state index contributed by atoms with van der Waals surface area (Å²) in [6.07, 6.45) is 3.56. The van der Waals surface area contributed by atoms with Crippen molar-refractivity contribution in [1.29, 1.82) is 0 Å². The first-order valence-corrected chi connectivity index (χ1v) is 6.02. The minimum atomic E-state index is -0.0406. The van der Waals surface area contributed by atoms with Gasteiger partial charge in [0.2, 0.25) is 5.91 Å². The van der Waals surface area contributed by atoms with Crippen LogP contribution in [0.25, 0.3) is 0 Å². The molecule has 1 heterocycles. The average molecular weight is 243 g/mol. The summed E-state index contributed by atoms with van der Waals surface area (Å²) in [5.74, 6) is 1.20. The SMILES string of the molecule is CC(C)c1nccn1CC(=O)Nc1ccccc1. The van der Waals surface area contributed by atoms with E-state index in [1.54, 1.807) is 6.20 Å². The molecule has 0 spiro atoms. The maximum atomic E-state index is 11.9. The predicted molar refractivity (Wildman–Crippen MR) is 71.4 cm³/mol. The van der Waals surface area contributed by atoms with Crippen molar-refractivity contribution in [3.05, 3.63) is 48.5 Å². The first-order chi connectivity index (χ1) is 8.66. The van der Waals surface area contributed by atoms with Crippen LogP contribution in [0, 0.1) is 0 Å². The molecule has 1 aromatic carbocycles. The van der Waals surface area contributed by atoms with Crippen LogP contribution in [0.4, 0.5) is 5.69 Å². The minimum Gasteiger partial charge on any atom is -0.325 e. The van der Waals surface area contributed by atoms with Gasteiger partial charge in [0.15, 0.2) is 0 Å². The summed E-state index contributed by atoms with van der Waals surface area (Å²) >= 11 is 0. The molecule has 1 N–H and O–H groups in total. The Morgan fingerprint density at radius 1 is 1.33 bits per heavy atom. The second-order valence-electron chi connectivity index (χ2n) is 4.48. The third kappa shape index (κ3) is 2.97. The Morgan fingerprint density at radius 2 is 2.06 bits per heavy atom. The number of anilines is 1. The topological polar surface area (TPSA) is 46.9 Å². The number of hydrogen-bond donors (Lipinski definition) is 1. The Kier molecular flexibility index (Phi) is 3.77. The van der Waals surface area contributed by atoms with Gasteiger partial charge in [-0.05, 0) is 12.1 Å². The summed E-state index contributed by atoms with van der Waals surface area (Å²) in [5.41, 5.74) is 0.814. The van der Waals surface area contributed by atoms with E-state index in [0.717, 1.165) is 11.5 Å². The van der Waals surface area contributed by atoms with Crippen molar-refractivity contribution in [1.82, 2.24) is 9.55 Å². The summed E-state index contributed by atoms with van der Waals surface area (Å²) in [7, 11) is 0. The maximum Gasteiger partial charge on any atom is 0.244 e. The summed E-state index contributed by atoms with van der Waals surface area (Å²) in [4.78, 5) is 16.2. The standard InChI is InChI=1S/C14H17N3O/c1-11(2)14-15-8-9-17(14)10-13(18)16-12-6-4-3-5-7-12/h3-9,11H,10H2,1-2H3,(H,16,18). The highest BCUT2D eigenvalue weighted by atomic mass is 16.1. The number of benzene rings is 1. The van der Waals surface area contributed by atoms with Crippen LogP contribution in [0.2, 0.25) is 0 Å². The number of aromatic nitrogens is 2. The molecule has 4 heteroatoms. The van der Waals surface area contributed by atoms with Crippen LogP contribution >= 0.6 is 0 Å². The monoisotopic (exact) mass is 243 g/mol. The fourth-order valence-corrected chi connectivity index (χ4v) is 1.83. The molecule has 0 saturated heterocycles. The molecule has 0 atom stereocenters. The third-order valence-corrected chi connectivity index (χ3v) is 2.64. The van der Waals surface area contributed by atoms with E-state index in [0.29, 0.717) is 12.5 Å². The normalized spacial score (nSPS) is 10.6. The Morgan fingerprint density at radius 3 is 2.72 bits per heavy atom. The first-order valence-electron chi connectivity index (χ1n) is 6.02. The zero-order chi connectivity index (χ0) is 13.0. The van der Waals surface area contributed by atoms with Crippen molar-refractivity contribution in [3.8, 4) is 0 Å². The molecular weight excluding hydrogens is 226 g/mol. The van der Waals surface area contributed by atoms with Crippen molar-refractivity contribution < 1.29 is 4.79 Å². The van der Waals surface area contributed by atoms with Gasteiger partial charge in [-0.2, -0.15) is 0 Å². The zero-order valence-electron chi connectivity index (χ0n) is 10.6. The molecule has 0 aliphatic carbocycles. The molecule has 94 valence electrons. The van der Waals surface area contributed by atoms with Crippen molar-refractivity contribution >= 4 is 11.6 Å². The number of imidazole rings is 1. The van der Waals surface area contributed by atoms with E-state index in [1.165, 1.54) is 0 Å². The lowest BCUT2D eigenvalue weighted by atomic mass is 10.2. The lowest BCUT2D eigenvalue weighted by Crippen LogP contribution is -2.20. The van der Waals surface area contributed by atoms with Gasteiger partial charge in [-0.25, -0.2) is 4.98 Å². The number of carbonyl (C=O) groups excluding carboxylic acids is 1. The second kappa shape index (κ2) is 5.49. The van der Waals surface area contributed by atoms with Gasteiger partial charge >= 0.3 is 0 Å². The molecule has 4 nitrogen and oxygen atoms in total. The number of para-hydroxylation sites is 1. The predicted octanol–water partition coefficient (Wildman–Crippen LogP) is 2.65. The summed E-state index contributed by atoms with van der Waals surface area (Å²) < 4.78 is 1.88. The van der Waals surface area contributed by atoms with Gasteiger partial charge < -0.3 is 9.88 Å². The van der Waals surface area contributed by atoms with Gasteiger partial charge in [-0.1, -0.05) is 32.0 Å². The second-order valence-corrected chi connectivity index (χ2v) is 4.48. The van der Waals surface area contributed by atoms with E-state index in [2.05, 4.69) is 24.1 Å². The van der Waals surface area contributed by atoms with Crippen LogP contribution in [0.3, 0.4) is 0 Å². The number of amides is 1. The highest BCUT2D eigenvalue weighted by Crippen LogP contribution is 2.12. The highest BCUT2D eigenvalue weighted by molar-refractivity contribution is 5.90. The van der Waals surface area contributed by atoms with Crippen LogP contribution in [0.15, 0.2) is 42.7 Å². The Hall–Kier alpha value is -2.10. The molecule has 2 rings (SSSR count). The molecule has 1 aromatic heterocycles. The number of nitrogens with one attached hydrogen (secondary N) is 1. The third-order valence-electron chi connectivity index (χ3n) is 2.64. The number of hydrogen-bond acceptors (Lipinski definition) is 2. The smallest absolute Gasteiger partial charge is 0.244 e. The van der Waals surface area contributed by atoms with Crippen molar-refractivity contribution in [2.75, 3.05) is 5.32 Å². The zero-order valence-corrected chi connectivity index (χ0v) is 10.6. The van der Waals surface area contributed by atoms with E-state index in [1.807, 2.05) is 41.1 Å². The lowest BCUT2D eigenvalue weighted by molar-refractivity contribution is -0.116. The van der Waals surface area contributed by atoms with Gasteiger partial charge in [0, 0.05) is 24.0 Å². The number of carbonyl (C=O) groups is 1. The summed E-state index contributed by atoms with van der Waals surface area (Å²) in [6.45, 7) is 4.42. The molecule has 0 aliphatic rings. The Balaban J connectivity index is 2.01.